The summed E-state index contributed by atoms with van der Waals surface area (Å²) >= 11 is 0. The maximum absolute atomic E-state index is 10.6. The minimum absolute atomic E-state index is 0.145. The van der Waals surface area contributed by atoms with Gasteiger partial charge in [0.05, 0.1) is 16.1 Å². The van der Waals surface area contributed by atoms with Crippen molar-refractivity contribution in [1.29, 1.82) is 0 Å². The summed E-state index contributed by atoms with van der Waals surface area (Å²) in [6, 6.07) is 10.8. The average Bonchev–Trinajstić information content (AvgIpc) is 2.29. The Bertz CT molecular complexity index is 324. The highest BCUT2D eigenvalue weighted by molar-refractivity contribution is 6.54. The van der Waals surface area contributed by atoms with E-state index in [1.165, 1.54) is 13.3 Å². The topological polar surface area (TPSA) is 26.3 Å². The number of rotatable bonds is 7. The van der Waals surface area contributed by atoms with E-state index in [2.05, 4.69) is 37.3 Å². The Balaban J connectivity index is 2.09. The zero-order chi connectivity index (χ0) is 12.5. The summed E-state index contributed by atoms with van der Waals surface area (Å²) < 4.78 is 4.91. The van der Waals surface area contributed by atoms with Crippen LogP contribution in [0.4, 0.5) is 0 Å². The molecule has 94 valence electrons. The van der Waals surface area contributed by atoms with Crippen LogP contribution in [0.15, 0.2) is 30.3 Å². The summed E-state index contributed by atoms with van der Waals surface area (Å²) in [5, 5.41) is 1.54. The van der Waals surface area contributed by atoms with Crippen LogP contribution >= 0.6 is 0 Å². The number of unbranched alkanes of at least 4 members (excludes halogenated alkanes) is 1. The van der Waals surface area contributed by atoms with E-state index in [1.807, 2.05) is 0 Å². The molecule has 0 amide bonds. The molecule has 0 N–H and O–H groups in total. The third-order valence-electron chi connectivity index (χ3n) is 2.82. The van der Waals surface area contributed by atoms with E-state index >= 15 is 0 Å². The van der Waals surface area contributed by atoms with Crippen LogP contribution in [0.3, 0.4) is 0 Å². The molecule has 0 unspecified atom stereocenters. The van der Waals surface area contributed by atoms with Gasteiger partial charge in [-0.25, -0.2) is 0 Å². The Morgan fingerprint density at radius 1 is 1.29 bits per heavy atom. The van der Waals surface area contributed by atoms with Gasteiger partial charge >= 0.3 is 5.97 Å². The van der Waals surface area contributed by atoms with Crippen molar-refractivity contribution in [3.8, 4) is 0 Å². The second-order valence-corrected chi connectivity index (χ2v) is 7.25. The summed E-state index contributed by atoms with van der Waals surface area (Å²) in [5.74, 6) is -0.170. The standard InChI is InChI=1S/C14H22O2Si/c1-12(8-6-7-11-16-13(2)15)17-14-9-4-3-5-10-14/h3-5,9-10,12H,6-8,11,17H2,1-2H3/t12-/m0/s1. The fraction of sp³-hybridized carbons (Fsp3) is 0.500. The third-order valence-corrected chi connectivity index (χ3v) is 4.87. The molecule has 0 saturated carbocycles. The largest absolute Gasteiger partial charge is 0.466 e. The van der Waals surface area contributed by atoms with Gasteiger partial charge in [0, 0.05) is 6.92 Å². The van der Waals surface area contributed by atoms with Gasteiger partial charge in [0.15, 0.2) is 0 Å². The molecule has 0 aliphatic carbocycles. The van der Waals surface area contributed by atoms with Gasteiger partial charge in [-0.2, -0.15) is 0 Å². The average molecular weight is 250 g/mol. The second-order valence-electron chi connectivity index (χ2n) is 4.63. The van der Waals surface area contributed by atoms with E-state index in [1.54, 1.807) is 5.19 Å². The molecule has 0 radical (unpaired) electrons. The molecular weight excluding hydrogens is 228 g/mol. The zero-order valence-electron chi connectivity index (χ0n) is 10.8. The molecule has 0 heterocycles. The molecule has 0 aliphatic heterocycles. The van der Waals surface area contributed by atoms with Crippen LogP contribution in [-0.4, -0.2) is 22.1 Å². The molecule has 0 fully saturated rings. The van der Waals surface area contributed by atoms with Crippen LogP contribution in [0.2, 0.25) is 5.54 Å². The van der Waals surface area contributed by atoms with Gasteiger partial charge in [-0.3, -0.25) is 4.79 Å². The van der Waals surface area contributed by atoms with Gasteiger partial charge in [-0.1, -0.05) is 55.3 Å². The van der Waals surface area contributed by atoms with Crippen molar-refractivity contribution in [2.75, 3.05) is 6.61 Å². The fourth-order valence-corrected chi connectivity index (χ4v) is 3.77. The van der Waals surface area contributed by atoms with Crippen LogP contribution in [-0.2, 0) is 9.53 Å². The first-order valence-electron chi connectivity index (χ1n) is 6.36. The first-order valence-corrected chi connectivity index (χ1v) is 7.88. The molecular formula is C14H22O2Si. The number of benzene rings is 1. The monoisotopic (exact) mass is 250 g/mol. The Hall–Kier alpha value is -1.09. The van der Waals surface area contributed by atoms with E-state index < -0.39 is 0 Å². The summed E-state index contributed by atoms with van der Waals surface area (Å²) in [6.07, 6.45) is 3.41. The molecule has 2 nitrogen and oxygen atoms in total. The lowest BCUT2D eigenvalue weighted by Gasteiger charge is -2.10. The number of hydrogen-bond acceptors (Lipinski definition) is 2. The van der Waals surface area contributed by atoms with Crippen LogP contribution in [0.1, 0.15) is 33.1 Å². The van der Waals surface area contributed by atoms with Gasteiger partial charge in [-0.15, -0.1) is 0 Å². The lowest BCUT2D eigenvalue weighted by atomic mass is 10.2. The highest BCUT2D eigenvalue weighted by atomic mass is 28.2. The highest BCUT2D eigenvalue weighted by Crippen LogP contribution is 2.12. The maximum atomic E-state index is 10.6. The molecule has 0 aliphatic rings. The molecule has 1 aromatic carbocycles. The first-order chi connectivity index (χ1) is 8.18. The Morgan fingerprint density at radius 3 is 2.65 bits per heavy atom. The predicted octanol–water partition coefficient (Wildman–Crippen LogP) is 2.02. The molecule has 0 spiro atoms. The lowest BCUT2D eigenvalue weighted by Crippen LogP contribution is -2.17. The number of hydrogen-bond donors (Lipinski definition) is 0. The maximum Gasteiger partial charge on any atom is 0.302 e. The number of carbonyl (C=O) groups is 1. The minimum atomic E-state index is -0.170. The normalized spacial score (nSPS) is 12.8. The van der Waals surface area contributed by atoms with Crippen molar-refractivity contribution in [3.05, 3.63) is 30.3 Å². The van der Waals surface area contributed by atoms with Gasteiger partial charge in [-0.05, 0) is 12.0 Å². The summed E-state index contributed by atoms with van der Waals surface area (Å²) in [6.45, 7) is 4.38. The van der Waals surface area contributed by atoms with Crippen LogP contribution in [0, 0.1) is 0 Å². The molecule has 0 aromatic heterocycles. The highest BCUT2D eigenvalue weighted by Gasteiger charge is 2.04. The summed E-state index contributed by atoms with van der Waals surface area (Å²) in [4.78, 5) is 10.6. The van der Waals surface area contributed by atoms with Crippen molar-refractivity contribution in [2.24, 2.45) is 0 Å². The molecule has 0 bridgehead atoms. The van der Waals surface area contributed by atoms with Gasteiger partial charge < -0.3 is 4.74 Å². The van der Waals surface area contributed by atoms with Gasteiger partial charge in [0.25, 0.3) is 0 Å². The number of carbonyl (C=O) groups excluding carboxylic acids is 1. The Labute approximate surface area is 106 Å². The van der Waals surface area contributed by atoms with E-state index in [0.717, 1.165) is 18.4 Å². The van der Waals surface area contributed by atoms with E-state index in [0.29, 0.717) is 6.61 Å². The molecule has 1 atom stereocenters. The second kappa shape index (κ2) is 8.07. The minimum Gasteiger partial charge on any atom is -0.466 e. The quantitative estimate of drug-likeness (QED) is 0.420. The molecule has 0 saturated heterocycles. The molecule has 1 aromatic rings. The van der Waals surface area contributed by atoms with Crippen LogP contribution in [0.5, 0.6) is 0 Å². The van der Waals surface area contributed by atoms with Crippen molar-refractivity contribution in [1.82, 2.24) is 0 Å². The smallest absolute Gasteiger partial charge is 0.302 e. The first kappa shape index (κ1) is 14.0. The third kappa shape index (κ3) is 6.95. The van der Waals surface area contributed by atoms with Gasteiger partial charge in [0.2, 0.25) is 0 Å². The Morgan fingerprint density at radius 2 is 2.00 bits per heavy atom. The van der Waals surface area contributed by atoms with Crippen LogP contribution in [0.25, 0.3) is 0 Å². The van der Waals surface area contributed by atoms with E-state index in [9.17, 15) is 4.79 Å². The summed E-state index contributed by atoms with van der Waals surface area (Å²) in [7, 11) is -0.145. The SMILES string of the molecule is CC(=O)OCCCC[C@H](C)[SiH2]c1ccccc1. The van der Waals surface area contributed by atoms with Crippen LogP contribution < -0.4 is 5.19 Å². The van der Waals surface area contributed by atoms with E-state index in [-0.39, 0.29) is 15.5 Å². The van der Waals surface area contributed by atoms with Gasteiger partial charge in [0.1, 0.15) is 0 Å². The predicted molar refractivity (Wildman–Crippen MR) is 74.5 cm³/mol. The van der Waals surface area contributed by atoms with Crippen molar-refractivity contribution < 1.29 is 9.53 Å². The summed E-state index contributed by atoms with van der Waals surface area (Å²) in [5.41, 5.74) is 0.828. The Kier molecular flexibility index (Phi) is 6.63. The van der Waals surface area contributed by atoms with Crippen molar-refractivity contribution in [2.45, 2.75) is 38.7 Å². The number of esters is 1. The fourth-order valence-electron chi connectivity index (χ4n) is 1.93. The van der Waals surface area contributed by atoms with E-state index in [4.69, 9.17) is 4.74 Å². The lowest BCUT2D eigenvalue weighted by molar-refractivity contribution is -0.141. The zero-order valence-corrected chi connectivity index (χ0v) is 12.2. The van der Waals surface area contributed by atoms with Crippen molar-refractivity contribution >= 4 is 20.7 Å². The molecule has 1 rings (SSSR count). The molecule has 17 heavy (non-hydrogen) atoms. The van der Waals surface area contributed by atoms with Crippen molar-refractivity contribution in [3.63, 3.8) is 0 Å². The molecule has 3 heteroatoms. The number of ether oxygens (including phenoxy) is 1.